The SMILES string of the molecule is CCN(CC(C)(C)O)C(=O)C1(CN)CCC1. The van der Waals surface area contributed by atoms with Gasteiger partial charge in [-0.1, -0.05) is 6.42 Å². The predicted molar refractivity (Wildman–Crippen MR) is 63.9 cm³/mol. The molecule has 0 atom stereocenters. The van der Waals surface area contributed by atoms with Crippen molar-refractivity contribution in [3.63, 3.8) is 0 Å². The molecule has 0 aliphatic heterocycles. The van der Waals surface area contributed by atoms with E-state index in [4.69, 9.17) is 5.73 Å². The van der Waals surface area contributed by atoms with E-state index < -0.39 is 5.60 Å². The summed E-state index contributed by atoms with van der Waals surface area (Å²) in [6.07, 6.45) is 2.87. The average Bonchev–Trinajstić information content (AvgIpc) is 2.11. The minimum atomic E-state index is -0.842. The standard InChI is InChI=1S/C12H24N2O2/c1-4-14(9-11(2,3)16)10(15)12(8-13)6-5-7-12/h16H,4-9,13H2,1-3H3. The molecule has 0 unspecified atom stereocenters. The fourth-order valence-corrected chi connectivity index (χ4v) is 2.24. The van der Waals surface area contributed by atoms with Crippen molar-refractivity contribution in [2.75, 3.05) is 19.6 Å². The summed E-state index contributed by atoms with van der Waals surface area (Å²) in [5, 5.41) is 9.77. The van der Waals surface area contributed by atoms with E-state index in [1.807, 2.05) is 6.92 Å². The first kappa shape index (κ1) is 13.5. The molecule has 0 aromatic carbocycles. The molecule has 0 radical (unpaired) electrons. The van der Waals surface area contributed by atoms with Gasteiger partial charge in [0.1, 0.15) is 0 Å². The summed E-state index contributed by atoms with van der Waals surface area (Å²) in [7, 11) is 0. The van der Waals surface area contributed by atoms with Crippen LogP contribution >= 0.6 is 0 Å². The lowest BCUT2D eigenvalue weighted by Gasteiger charge is -2.43. The largest absolute Gasteiger partial charge is 0.389 e. The van der Waals surface area contributed by atoms with Crippen LogP contribution in [0.25, 0.3) is 0 Å². The molecule has 0 aromatic rings. The van der Waals surface area contributed by atoms with Crippen molar-refractivity contribution < 1.29 is 9.90 Å². The number of carbonyl (C=O) groups is 1. The number of aliphatic hydroxyl groups is 1. The number of carbonyl (C=O) groups excluding carboxylic acids is 1. The van der Waals surface area contributed by atoms with E-state index in [1.54, 1.807) is 18.7 Å². The topological polar surface area (TPSA) is 66.6 Å². The average molecular weight is 228 g/mol. The van der Waals surface area contributed by atoms with E-state index in [0.29, 0.717) is 19.6 Å². The Morgan fingerprint density at radius 3 is 2.31 bits per heavy atom. The number of likely N-dealkylation sites (N-methyl/N-ethyl adjacent to an activating group) is 1. The summed E-state index contributed by atoms with van der Waals surface area (Å²) in [6.45, 7) is 6.81. The second kappa shape index (κ2) is 4.72. The lowest BCUT2D eigenvalue weighted by atomic mass is 9.67. The third kappa shape index (κ3) is 2.74. The number of rotatable bonds is 5. The van der Waals surface area contributed by atoms with Gasteiger partial charge in [-0.25, -0.2) is 0 Å². The Kier molecular flexibility index (Phi) is 3.97. The minimum absolute atomic E-state index is 0.117. The number of nitrogens with zero attached hydrogens (tertiary/aromatic N) is 1. The van der Waals surface area contributed by atoms with Crippen molar-refractivity contribution in [3.05, 3.63) is 0 Å². The van der Waals surface area contributed by atoms with E-state index in [0.717, 1.165) is 19.3 Å². The summed E-state index contributed by atoms with van der Waals surface area (Å²) in [5.74, 6) is 0.117. The molecule has 1 fully saturated rings. The molecule has 0 heterocycles. The van der Waals surface area contributed by atoms with Crippen LogP contribution in [0.15, 0.2) is 0 Å². The van der Waals surface area contributed by atoms with Crippen LogP contribution in [0.1, 0.15) is 40.0 Å². The molecule has 94 valence electrons. The molecule has 0 aromatic heterocycles. The van der Waals surface area contributed by atoms with Gasteiger partial charge in [0, 0.05) is 19.6 Å². The Bertz CT molecular complexity index is 249. The molecule has 4 heteroatoms. The second-order valence-corrected chi connectivity index (χ2v) is 5.47. The number of nitrogens with two attached hydrogens (primary N) is 1. The van der Waals surface area contributed by atoms with Gasteiger partial charge >= 0.3 is 0 Å². The lowest BCUT2D eigenvalue weighted by molar-refractivity contribution is -0.149. The smallest absolute Gasteiger partial charge is 0.230 e. The quantitative estimate of drug-likeness (QED) is 0.729. The molecule has 16 heavy (non-hydrogen) atoms. The number of amides is 1. The van der Waals surface area contributed by atoms with E-state index in [2.05, 4.69) is 0 Å². The summed E-state index contributed by atoms with van der Waals surface area (Å²) in [6, 6.07) is 0. The Balaban J connectivity index is 2.69. The molecule has 0 bridgehead atoms. The molecule has 1 saturated carbocycles. The maximum absolute atomic E-state index is 12.3. The zero-order valence-electron chi connectivity index (χ0n) is 10.6. The first-order valence-electron chi connectivity index (χ1n) is 6.06. The van der Waals surface area contributed by atoms with Crippen LogP contribution in [-0.4, -0.2) is 41.1 Å². The van der Waals surface area contributed by atoms with Gasteiger partial charge in [-0.3, -0.25) is 4.79 Å². The van der Waals surface area contributed by atoms with Gasteiger partial charge in [0.15, 0.2) is 0 Å². The highest BCUT2D eigenvalue weighted by Gasteiger charge is 2.45. The van der Waals surface area contributed by atoms with Gasteiger partial charge in [-0.15, -0.1) is 0 Å². The summed E-state index contributed by atoms with van der Waals surface area (Å²) < 4.78 is 0. The molecule has 1 aliphatic rings. The predicted octanol–water partition coefficient (Wildman–Crippen LogP) is 0.735. The first-order valence-corrected chi connectivity index (χ1v) is 6.06. The number of hydrogen-bond acceptors (Lipinski definition) is 3. The summed E-state index contributed by atoms with van der Waals surface area (Å²) in [5.41, 5.74) is 4.54. The molecule has 0 saturated heterocycles. The summed E-state index contributed by atoms with van der Waals surface area (Å²) in [4.78, 5) is 14.1. The van der Waals surface area contributed by atoms with Gasteiger partial charge in [0.25, 0.3) is 0 Å². The van der Waals surface area contributed by atoms with Crippen molar-refractivity contribution in [1.82, 2.24) is 4.90 Å². The van der Waals surface area contributed by atoms with E-state index >= 15 is 0 Å². The highest BCUT2D eigenvalue weighted by Crippen LogP contribution is 2.41. The van der Waals surface area contributed by atoms with E-state index in [9.17, 15) is 9.90 Å². The zero-order valence-corrected chi connectivity index (χ0v) is 10.6. The number of hydrogen-bond donors (Lipinski definition) is 2. The minimum Gasteiger partial charge on any atom is -0.389 e. The van der Waals surface area contributed by atoms with Crippen molar-refractivity contribution in [2.24, 2.45) is 11.1 Å². The van der Waals surface area contributed by atoms with Crippen LogP contribution in [-0.2, 0) is 4.79 Å². The van der Waals surface area contributed by atoms with Gasteiger partial charge in [0.05, 0.1) is 11.0 Å². The van der Waals surface area contributed by atoms with Gasteiger partial charge in [-0.2, -0.15) is 0 Å². The second-order valence-electron chi connectivity index (χ2n) is 5.47. The Morgan fingerprint density at radius 1 is 1.50 bits per heavy atom. The van der Waals surface area contributed by atoms with Crippen molar-refractivity contribution in [2.45, 2.75) is 45.6 Å². The third-order valence-corrected chi connectivity index (χ3v) is 3.40. The molecule has 1 amide bonds. The van der Waals surface area contributed by atoms with Crippen LogP contribution in [0.2, 0.25) is 0 Å². The monoisotopic (exact) mass is 228 g/mol. The summed E-state index contributed by atoms with van der Waals surface area (Å²) >= 11 is 0. The van der Waals surface area contributed by atoms with Gasteiger partial charge in [-0.05, 0) is 33.6 Å². The Labute approximate surface area is 97.8 Å². The van der Waals surface area contributed by atoms with Gasteiger partial charge in [0.2, 0.25) is 5.91 Å². The Morgan fingerprint density at radius 2 is 2.06 bits per heavy atom. The maximum Gasteiger partial charge on any atom is 0.230 e. The van der Waals surface area contributed by atoms with Crippen LogP contribution in [0, 0.1) is 5.41 Å². The third-order valence-electron chi connectivity index (χ3n) is 3.40. The van der Waals surface area contributed by atoms with Crippen LogP contribution < -0.4 is 5.73 Å². The van der Waals surface area contributed by atoms with E-state index in [1.165, 1.54) is 0 Å². The molecule has 3 N–H and O–H groups in total. The normalized spacial score (nSPS) is 19.1. The fraction of sp³-hybridized carbons (Fsp3) is 0.917. The molecule has 0 spiro atoms. The van der Waals surface area contributed by atoms with Crippen molar-refractivity contribution >= 4 is 5.91 Å². The Hall–Kier alpha value is -0.610. The fourth-order valence-electron chi connectivity index (χ4n) is 2.24. The van der Waals surface area contributed by atoms with Crippen LogP contribution in [0.4, 0.5) is 0 Å². The molecule has 1 rings (SSSR count). The molecular formula is C12H24N2O2. The first-order chi connectivity index (χ1) is 7.34. The van der Waals surface area contributed by atoms with E-state index in [-0.39, 0.29) is 11.3 Å². The maximum atomic E-state index is 12.3. The van der Waals surface area contributed by atoms with Crippen molar-refractivity contribution in [1.29, 1.82) is 0 Å². The van der Waals surface area contributed by atoms with Gasteiger partial charge < -0.3 is 15.7 Å². The molecule has 1 aliphatic carbocycles. The van der Waals surface area contributed by atoms with Crippen LogP contribution in [0.3, 0.4) is 0 Å². The highest BCUT2D eigenvalue weighted by atomic mass is 16.3. The zero-order chi connectivity index (χ0) is 12.4. The van der Waals surface area contributed by atoms with Crippen molar-refractivity contribution in [3.8, 4) is 0 Å². The highest BCUT2D eigenvalue weighted by molar-refractivity contribution is 5.84. The molecular weight excluding hydrogens is 204 g/mol. The molecule has 4 nitrogen and oxygen atoms in total. The van der Waals surface area contributed by atoms with Crippen LogP contribution in [0.5, 0.6) is 0 Å². The lowest BCUT2D eigenvalue weighted by Crippen LogP contribution is -2.54.